The highest BCUT2D eigenvalue weighted by Gasteiger charge is 2.18. The van der Waals surface area contributed by atoms with Gasteiger partial charge in [-0.05, 0) is 31.2 Å². The molecule has 0 saturated carbocycles. The minimum Gasteiger partial charge on any atom is -0.367 e. The summed E-state index contributed by atoms with van der Waals surface area (Å²) in [5, 5.41) is 0. The molecule has 128 valence electrons. The maximum Gasteiger partial charge on any atom is 0.233 e. The van der Waals surface area contributed by atoms with E-state index in [0.29, 0.717) is 5.82 Å². The van der Waals surface area contributed by atoms with E-state index in [1.807, 2.05) is 30.5 Å². The molecule has 0 aromatic carbocycles. The van der Waals surface area contributed by atoms with Gasteiger partial charge >= 0.3 is 0 Å². The standard InChI is InChI=1S/C16H21N5O2S/c1-2-24(22,23)19-15-7-6-14(13-18-15)20-9-11-21(12-10-20)16-5-3-4-8-17-16/h3-8,13H,2,9-12H2,1H3,(H,18,19). The van der Waals surface area contributed by atoms with Crippen LogP contribution in [-0.4, -0.2) is 50.3 Å². The number of hydrogen-bond acceptors (Lipinski definition) is 6. The minimum atomic E-state index is -3.29. The molecule has 3 heterocycles. The third-order valence-corrected chi connectivity index (χ3v) is 5.29. The van der Waals surface area contributed by atoms with Gasteiger partial charge in [-0.1, -0.05) is 6.07 Å². The van der Waals surface area contributed by atoms with Crippen LogP contribution in [0.2, 0.25) is 0 Å². The summed E-state index contributed by atoms with van der Waals surface area (Å²) in [6.45, 7) is 5.12. The molecule has 8 heteroatoms. The maximum atomic E-state index is 11.6. The van der Waals surface area contributed by atoms with Gasteiger partial charge in [-0.2, -0.15) is 0 Å². The molecular formula is C16H21N5O2S. The molecule has 0 spiro atoms. The summed E-state index contributed by atoms with van der Waals surface area (Å²) in [7, 11) is -3.29. The summed E-state index contributed by atoms with van der Waals surface area (Å²) in [6, 6.07) is 9.53. The second kappa shape index (κ2) is 7.04. The van der Waals surface area contributed by atoms with Gasteiger partial charge in [-0.3, -0.25) is 4.72 Å². The van der Waals surface area contributed by atoms with Crippen LogP contribution in [0.15, 0.2) is 42.7 Å². The lowest BCUT2D eigenvalue weighted by Crippen LogP contribution is -2.46. The molecule has 1 saturated heterocycles. The van der Waals surface area contributed by atoms with Crippen LogP contribution >= 0.6 is 0 Å². The van der Waals surface area contributed by atoms with Crippen molar-refractivity contribution in [2.45, 2.75) is 6.92 Å². The van der Waals surface area contributed by atoms with E-state index in [1.165, 1.54) is 0 Å². The molecule has 0 atom stereocenters. The fourth-order valence-corrected chi connectivity index (χ4v) is 3.18. The molecule has 1 fully saturated rings. The van der Waals surface area contributed by atoms with E-state index in [9.17, 15) is 8.42 Å². The number of hydrogen-bond donors (Lipinski definition) is 1. The van der Waals surface area contributed by atoms with Crippen molar-refractivity contribution < 1.29 is 8.42 Å². The highest BCUT2D eigenvalue weighted by molar-refractivity contribution is 7.92. The number of nitrogens with one attached hydrogen (secondary N) is 1. The average Bonchev–Trinajstić information content (AvgIpc) is 2.63. The molecule has 0 unspecified atom stereocenters. The number of nitrogens with zero attached hydrogens (tertiary/aromatic N) is 4. The van der Waals surface area contributed by atoms with E-state index in [1.54, 1.807) is 19.2 Å². The van der Waals surface area contributed by atoms with E-state index >= 15 is 0 Å². The van der Waals surface area contributed by atoms with Crippen molar-refractivity contribution in [1.82, 2.24) is 9.97 Å². The van der Waals surface area contributed by atoms with Crippen LogP contribution in [0.3, 0.4) is 0 Å². The third-order valence-electron chi connectivity index (χ3n) is 4.01. The summed E-state index contributed by atoms with van der Waals surface area (Å²) in [5.74, 6) is 1.39. The summed E-state index contributed by atoms with van der Waals surface area (Å²) < 4.78 is 25.6. The quantitative estimate of drug-likeness (QED) is 0.884. The van der Waals surface area contributed by atoms with Crippen LogP contribution < -0.4 is 14.5 Å². The Morgan fingerprint density at radius 2 is 1.79 bits per heavy atom. The second-order valence-electron chi connectivity index (χ2n) is 5.57. The highest BCUT2D eigenvalue weighted by Crippen LogP contribution is 2.19. The Bertz CT molecular complexity index is 757. The predicted octanol–water partition coefficient (Wildman–Crippen LogP) is 1.56. The Balaban J connectivity index is 1.60. The molecule has 2 aromatic rings. The van der Waals surface area contributed by atoms with Gasteiger partial charge in [0.05, 0.1) is 17.6 Å². The topological polar surface area (TPSA) is 78.4 Å². The van der Waals surface area contributed by atoms with Crippen LogP contribution in [0.4, 0.5) is 17.3 Å². The lowest BCUT2D eigenvalue weighted by Gasteiger charge is -2.36. The van der Waals surface area contributed by atoms with E-state index in [2.05, 4.69) is 24.5 Å². The Hall–Kier alpha value is -2.35. The minimum absolute atomic E-state index is 0.0336. The highest BCUT2D eigenvalue weighted by atomic mass is 32.2. The van der Waals surface area contributed by atoms with Crippen LogP contribution in [0, 0.1) is 0 Å². The van der Waals surface area contributed by atoms with Crippen molar-refractivity contribution in [2.24, 2.45) is 0 Å². The fourth-order valence-electron chi connectivity index (χ4n) is 2.60. The maximum absolute atomic E-state index is 11.6. The Morgan fingerprint density at radius 1 is 1.04 bits per heavy atom. The zero-order chi connectivity index (χ0) is 17.0. The fraction of sp³-hybridized carbons (Fsp3) is 0.375. The van der Waals surface area contributed by atoms with E-state index in [-0.39, 0.29) is 5.75 Å². The van der Waals surface area contributed by atoms with Crippen LogP contribution in [0.25, 0.3) is 0 Å². The summed E-state index contributed by atoms with van der Waals surface area (Å²) >= 11 is 0. The average molecular weight is 347 g/mol. The van der Waals surface area contributed by atoms with Gasteiger partial charge in [0.2, 0.25) is 10.0 Å². The molecule has 0 amide bonds. The molecule has 0 aliphatic carbocycles. The Morgan fingerprint density at radius 3 is 2.38 bits per heavy atom. The van der Waals surface area contributed by atoms with E-state index in [4.69, 9.17) is 0 Å². The summed E-state index contributed by atoms with van der Waals surface area (Å²) in [6.07, 6.45) is 3.52. The van der Waals surface area contributed by atoms with Crippen LogP contribution in [0.5, 0.6) is 0 Å². The van der Waals surface area contributed by atoms with E-state index < -0.39 is 10.0 Å². The largest absolute Gasteiger partial charge is 0.367 e. The first-order valence-electron chi connectivity index (χ1n) is 7.95. The first-order chi connectivity index (χ1) is 11.6. The van der Waals surface area contributed by atoms with Gasteiger partial charge in [0.15, 0.2) is 0 Å². The zero-order valence-corrected chi connectivity index (χ0v) is 14.4. The third kappa shape index (κ3) is 3.94. The molecule has 24 heavy (non-hydrogen) atoms. The van der Waals surface area contributed by atoms with Crippen molar-refractivity contribution in [3.05, 3.63) is 42.7 Å². The van der Waals surface area contributed by atoms with Crippen molar-refractivity contribution in [3.8, 4) is 0 Å². The zero-order valence-electron chi connectivity index (χ0n) is 13.6. The number of pyridine rings is 2. The predicted molar refractivity (Wildman–Crippen MR) is 96.0 cm³/mol. The normalized spacial score (nSPS) is 15.4. The molecule has 0 radical (unpaired) electrons. The lowest BCUT2D eigenvalue weighted by molar-refractivity contribution is 0.602. The monoisotopic (exact) mass is 347 g/mol. The van der Waals surface area contributed by atoms with Gasteiger partial charge < -0.3 is 9.80 Å². The van der Waals surface area contributed by atoms with Crippen LogP contribution in [-0.2, 0) is 10.0 Å². The van der Waals surface area contributed by atoms with Gasteiger partial charge in [-0.15, -0.1) is 0 Å². The first kappa shape index (κ1) is 16.5. The van der Waals surface area contributed by atoms with Crippen molar-refractivity contribution in [1.29, 1.82) is 0 Å². The number of anilines is 3. The molecule has 2 aromatic heterocycles. The molecule has 1 aliphatic rings. The summed E-state index contributed by atoms with van der Waals surface area (Å²) in [5.41, 5.74) is 0.995. The SMILES string of the molecule is CCS(=O)(=O)Nc1ccc(N2CCN(c3ccccn3)CC2)cn1. The lowest BCUT2D eigenvalue weighted by atomic mass is 10.2. The Labute approximate surface area is 142 Å². The van der Waals surface area contributed by atoms with Crippen LogP contribution in [0.1, 0.15) is 6.92 Å². The molecule has 1 N–H and O–H groups in total. The van der Waals surface area contributed by atoms with Gasteiger partial charge in [-0.25, -0.2) is 18.4 Å². The Kier molecular flexibility index (Phi) is 4.84. The second-order valence-corrected chi connectivity index (χ2v) is 7.58. The first-order valence-corrected chi connectivity index (χ1v) is 9.60. The number of aromatic nitrogens is 2. The summed E-state index contributed by atoms with van der Waals surface area (Å²) in [4.78, 5) is 13.1. The molecular weight excluding hydrogens is 326 g/mol. The van der Waals surface area contributed by atoms with Crippen molar-refractivity contribution in [2.75, 3.05) is 46.5 Å². The number of rotatable bonds is 5. The van der Waals surface area contributed by atoms with Gasteiger partial charge in [0.1, 0.15) is 11.6 Å². The number of piperazine rings is 1. The molecule has 7 nitrogen and oxygen atoms in total. The van der Waals surface area contributed by atoms with Crippen molar-refractivity contribution in [3.63, 3.8) is 0 Å². The number of sulfonamides is 1. The molecule has 1 aliphatic heterocycles. The molecule has 0 bridgehead atoms. The van der Waals surface area contributed by atoms with Gasteiger partial charge in [0.25, 0.3) is 0 Å². The van der Waals surface area contributed by atoms with E-state index in [0.717, 1.165) is 37.7 Å². The molecule has 3 rings (SSSR count). The smallest absolute Gasteiger partial charge is 0.233 e. The van der Waals surface area contributed by atoms with Gasteiger partial charge in [0, 0.05) is 32.4 Å². The van der Waals surface area contributed by atoms with Crippen molar-refractivity contribution >= 4 is 27.3 Å².